The fourth-order valence-electron chi connectivity index (χ4n) is 4.40. The molecule has 1 saturated carbocycles. The molecule has 2 aliphatic rings. The molecule has 1 aliphatic heterocycles. The summed E-state index contributed by atoms with van der Waals surface area (Å²) in [6.07, 6.45) is 8.25. The molecule has 0 aromatic rings. The van der Waals surface area contributed by atoms with Crippen LogP contribution in [0.15, 0.2) is 0 Å². The highest BCUT2D eigenvalue weighted by atomic mass is 15.2. The second-order valence-corrected chi connectivity index (χ2v) is 7.52. The van der Waals surface area contributed by atoms with E-state index < -0.39 is 0 Å². The Morgan fingerprint density at radius 1 is 1.17 bits per heavy atom. The molecule has 0 spiro atoms. The first-order chi connectivity index (χ1) is 8.45. The van der Waals surface area contributed by atoms with Crippen LogP contribution in [0.5, 0.6) is 0 Å². The lowest BCUT2D eigenvalue weighted by atomic mass is 9.78. The highest BCUT2D eigenvalue weighted by Gasteiger charge is 2.44. The summed E-state index contributed by atoms with van der Waals surface area (Å²) in [6, 6.07) is 1.71. The van der Waals surface area contributed by atoms with Crippen molar-refractivity contribution in [2.45, 2.75) is 84.3 Å². The Kier molecular flexibility index (Phi) is 4.38. The molecule has 0 radical (unpaired) electrons. The fourth-order valence-corrected chi connectivity index (χ4v) is 4.40. The zero-order chi connectivity index (χ0) is 13.3. The molecule has 0 aromatic carbocycles. The first-order valence-electron chi connectivity index (χ1n) is 7.96. The number of nitrogens with two attached hydrogens (primary N) is 1. The average molecular weight is 252 g/mol. The molecule has 4 unspecified atom stereocenters. The fraction of sp³-hybridized carbons (Fsp3) is 1.00. The zero-order valence-corrected chi connectivity index (χ0v) is 12.8. The Bertz CT molecular complexity index is 269. The predicted molar refractivity (Wildman–Crippen MR) is 78.6 cm³/mol. The van der Waals surface area contributed by atoms with E-state index in [9.17, 15) is 0 Å². The van der Waals surface area contributed by atoms with Crippen LogP contribution in [0.2, 0.25) is 0 Å². The van der Waals surface area contributed by atoms with Gasteiger partial charge in [0.15, 0.2) is 0 Å². The number of nitrogens with zero attached hydrogens (tertiary/aromatic N) is 1. The third-order valence-electron chi connectivity index (χ3n) is 5.17. The molecule has 1 saturated heterocycles. The molecular weight excluding hydrogens is 220 g/mol. The van der Waals surface area contributed by atoms with Crippen molar-refractivity contribution in [3.05, 3.63) is 0 Å². The minimum atomic E-state index is 0.293. The minimum Gasteiger partial charge on any atom is -0.326 e. The molecule has 0 bridgehead atoms. The van der Waals surface area contributed by atoms with Gasteiger partial charge < -0.3 is 5.73 Å². The Morgan fingerprint density at radius 2 is 1.83 bits per heavy atom. The van der Waals surface area contributed by atoms with E-state index in [1.807, 2.05) is 0 Å². The van der Waals surface area contributed by atoms with Crippen molar-refractivity contribution in [2.24, 2.45) is 17.1 Å². The third kappa shape index (κ3) is 2.75. The van der Waals surface area contributed by atoms with Gasteiger partial charge >= 0.3 is 0 Å². The van der Waals surface area contributed by atoms with Gasteiger partial charge in [0.1, 0.15) is 0 Å². The standard InChI is InChI=1S/C16H32N2/c1-5-13(17)15(16(2,3)4)18-11-10-12-8-6-7-9-14(12)18/h12-15H,5-11,17H2,1-4H3. The van der Waals surface area contributed by atoms with Gasteiger partial charge in [-0.1, -0.05) is 40.5 Å². The molecule has 2 nitrogen and oxygen atoms in total. The maximum atomic E-state index is 6.46. The molecule has 2 rings (SSSR count). The molecule has 0 amide bonds. The van der Waals surface area contributed by atoms with E-state index in [4.69, 9.17) is 5.73 Å². The maximum Gasteiger partial charge on any atom is 0.0298 e. The molecule has 18 heavy (non-hydrogen) atoms. The highest BCUT2D eigenvalue weighted by molar-refractivity contribution is 4.99. The number of rotatable bonds is 3. The van der Waals surface area contributed by atoms with Gasteiger partial charge in [0.2, 0.25) is 0 Å². The SMILES string of the molecule is CCC(N)C(N1CCC2CCCCC21)C(C)(C)C. The summed E-state index contributed by atoms with van der Waals surface area (Å²) >= 11 is 0. The van der Waals surface area contributed by atoms with Gasteiger partial charge in [0.25, 0.3) is 0 Å². The molecule has 0 aromatic heterocycles. The van der Waals surface area contributed by atoms with Crippen LogP contribution in [0.1, 0.15) is 66.2 Å². The van der Waals surface area contributed by atoms with Crippen molar-refractivity contribution in [1.82, 2.24) is 4.90 Å². The number of fused-ring (bicyclic) bond motifs is 1. The average Bonchev–Trinajstić information content (AvgIpc) is 2.71. The molecule has 2 heteroatoms. The van der Waals surface area contributed by atoms with Crippen LogP contribution in [0.4, 0.5) is 0 Å². The van der Waals surface area contributed by atoms with Gasteiger partial charge in [-0.3, -0.25) is 4.90 Å². The van der Waals surface area contributed by atoms with Gasteiger partial charge in [0, 0.05) is 18.1 Å². The van der Waals surface area contributed by atoms with Crippen molar-refractivity contribution in [3.8, 4) is 0 Å². The van der Waals surface area contributed by atoms with Crippen LogP contribution in [0.3, 0.4) is 0 Å². The minimum absolute atomic E-state index is 0.293. The van der Waals surface area contributed by atoms with Crippen LogP contribution in [0.25, 0.3) is 0 Å². The molecule has 2 fully saturated rings. The summed E-state index contributed by atoms with van der Waals surface area (Å²) in [7, 11) is 0. The van der Waals surface area contributed by atoms with Gasteiger partial charge in [-0.05, 0) is 43.6 Å². The van der Waals surface area contributed by atoms with Crippen LogP contribution in [-0.2, 0) is 0 Å². The van der Waals surface area contributed by atoms with E-state index in [1.165, 1.54) is 38.6 Å². The van der Waals surface area contributed by atoms with E-state index in [-0.39, 0.29) is 0 Å². The molecule has 106 valence electrons. The molecule has 1 aliphatic carbocycles. The summed E-state index contributed by atoms with van der Waals surface area (Å²) in [5.74, 6) is 0.965. The van der Waals surface area contributed by atoms with Crippen LogP contribution in [-0.4, -0.2) is 29.6 Å². The van der Waals surface area contributed by atoms with E-state index in [0.29, 0.717) is 17.5 Å². The predicted octanol–water partition coefficient (Wildman–Crippen LogP) is 3.40. The largest absolute Gasteiger partial charge is 0.326 e. The number of hydrogen-bond acceptors (Lipinski definition) is 2. The summed E-state index contributed by atoms with van der Waals surface area (Å²) in [4.78, 5) is 2.79. The Balaban J connectivity index is 2.15. The lowest BCUT2D eigenvalue weighted by Gasteiger charge is -2.46. The normalized spacial score (nSPS) is 33.2. The maximum absolute atomic E-state index is 6.46. The van der Waals surface area contributed by atoms with Crippen LogP contribution < -0.4 is 5.73 Å². The van der Waals surface area contributed by atoms with E-state index in [1.54, 1.807) is 0 Å². The zero-order valence-electron chi connectivity index (χ0n) is 12.8. The Hall–Kier alpha value is -0.0800. The van der Waals surface area contributed by atoms with Crippen molar-refractivity contribution < 1.29 is 0 Å². The van der Waals surface area contributed by atoms with Crippen LogP contribution >= 0.6 is 0 Å². The van der Waals surface area contributed by atoms with E-state index in [2.05, 4.69) is 32.6 Å². The first-order valence-corrected chi connectivity index (χ1v) is 7.96. The second-order valence-electron chi connectivity index (χ2n) is 7.52. The summed E-state index contributed by atoms with van der Waals surface area (Å²) in [6.45, 7) is 10.6. The van der Waals surface area contributed by atoms with Gasteiger partial charge in [-0.2, -0.15) is 0 Å². The van der Waals surface area contributed by atoms with Gasteiger partial charge in [-0.25, -0.2) is 0 Å². The first kappa shape index (κ1) is 14.3. The van der Waals surface area contributed by atoms with Gasteiger partial charge in [-0.15, -0.1) is 0 Å². The quantitative estimate of drug-likeness (QED) is 0.834. The van der Waals surface area contributed by atoms with Crippen molar-refractivity contribution >= 4 is 0 Å². The Labute approximate surface area is 113 Å². The highest BCUT2D eigenvalue weighted by Crippen LogP contribution is 2.41. The monoisotopic (exact) mass is 252 g/mol. The summed E-state index contributed by atoms with van der Waals surface area (Å²) in [5.41, 5.74) is 6.76. The molecular formula is C16H32N2. The smallest absolute Gasteiger partial charge is 0.0298 e. The van der Waals surface area contributed by atoms with Crippen molar-refractivity contribution in [3.63, 3.8) is 0 Å². The lowest BCUT2D eigenvalue weighted by molar-refractivity contribution is 0.0457. The topological polar surface area (TPSA) is 29.3 Å². The van der Waals surface area contributed by atoms with E-state index in [0.717, 1.165) is 18.4 Å². The molecule has 4 atom stereocenters. The van der Waals surface area contributed by atoms with Gasteiger partial charge in [0.05, 0.1) is 0 Å². The van der Waals surface area contributed by atoms with Crippen LogP contribution in [0, 0.1) is 11.3 Å². The van der Waals surface area contributed by atoms with Crippen molar-refractivity contribution in [1.29, 1.82) is 0 Å². The number of likely N-dealkylation sites (tertiary alicyclic amines) is 1. The lowest BCUT2D eigenvalue weighted by Crippen LogP contribution is -2.56. The van der Waals surface area contributed by atoms with E-state index >= 15 is 0 Å². The third-order valence-corrected chi connectivity index (χ3v) is 5.17. The Morgan fingerprint density at radius 3 is 2.44 bits per heavy atom. The molecule has 1 heterocycles. The summed E-state index contributed by atoms with van der Waals surface area (Å²) < 4.78 is 0. The summed E-state index contributed by atoms with van der Waals surface area (Å²) in [5, 5.41) is 0. The molecule has 2 N–H and O–H groups in total. The van der Waals surface area contributed by atoms with Crippen molar-refractivity contribution in [2.75, 3.05) is 6.54 Å². The second kappa shape index (κ2) is 5.50. The number of hydrogen-bond donors (Lipinski definition) is 1.